The van der Waals surface area contributed by atoms with Crippen molar-refractivity contribution in [3.05, 3.63) is 82.4 Å². The number of sulfonamides is 1. The van der Waals surface area contributed by atoms with Crippen LogP contribution in [0.25, 0.3) is 10.8 Å². The van der Waals surface area contributed by atoms with E-state index < -0.39 is 14.9 Å². The van der Waals surface area contributed by atoms with Gasteiger partial charge in [-0.05, 0) is 54.3 Å². The first-order chi connectivity index (χ1) is 15.3. The zero-order valence-corrected chi connectivity index (χ0v) is 18.7. The van der Waals surface area contributed by atoms with E-state index in [4.69, 9.17) is 0 Å². The number of hydrogen-bond acceptors (Lipinski definition) is 5. The molecule has 8 heteroatoms. The van der Waals surface area contributed by atoms with Crippen molar-refractivity contribution in [2.24, 2.45) is 0 Å². The van der Waals surface area contributed by atoms with Gasteiger partial charge in [-0.25, -0.2) is 13.1 Å². The van der Waals surface area contributed by atoms with E-state index in [-0.39, 0.29) is 28.7 Å². The summed E-state index contributed by atoms with van der Waals surface area (Å²) in [6, 6.07) is 19.4. The first-order valence-corrected chi connectivity index (χ1v) is 12.3. The molecule has 1 fully saturated rings. The lowest BCUT2D eigenvalue weighted by atomic mass is 9.90. The topological polar surface area (TPSA) is 101 Å². The van der Waals surface area contributed by atoms with E-state index in [0.717, 1.165) is 31.2 Å². The van der Waals surface area contributed by atoms with Crippen LogP contribution in [0.2, 0.25) is 0 Å². The summed E-state index contributed by atoms with van der Waals surface area (Å²) in [6.07, 6.45) is 3.62. The van der Waals surface area contributed by atoms with Gasteiger partial charge in [0.15, 0.2) is 0 Å². The molecule has 2 N–H and O–H groups in total. The minimum Gasteiger partial charge on any atom is -0.306 e. The van der Waals surface area contributed by atoms with Crippen molar-refractivity contribution in [2.45, 2.75) is 55.6 Å². The van der Waals surface area contributed by atoms with Crippen LogP contribution < -0.4 is 10.0 Å². The highest BCUT2D eigenvalue weighted by Gasteiger charge is 2.30. The number of nitro groups is 1. The molecule has 4 rings (SSSR count). The van der Waals surface area contributed by atoms with E-state index in [1.54, 1.807) is 0 Å². The van der Waals surface area contributed by atoms with Crippen LogP contribution in [0.15, 0.2) is 71.6 Å². The summed E-state index contributed by atoms with van der Waals surface area (Å²) < 4.78 is 28.7. The zero-order chi connectivity index (χ0) is 22.7. The van der Waals surface area contributed by atoms with Crippen molar-refractivity contribution in [3.63, 3.8) is 0 Å². The molecule has 1 saturated carbocycles. The molecule has 1 aliphatic carbocycles. The van der Waals surface area contributed by atoms with E-state index in [1.807, 2.05) is 12.1 Å². The van der Waals surface area contributed by atoms with Crippen LogP contribution >= 0.6 is 0 Å². The number of benzene rings is 3. The molecule has 0 spiro atoms. The number of nitrogens with zero attached hydrogens (tertiary/aromatic N) is 1. The van der Waals surface area contributed by atoms with Gasteiger partial charge >= 0.3 is 0 Å². The molecule has 0 amide bonds. The molecule has 1 unspecified atom stereocenters. The van der Waals surface area contributed by atoms with Crippen LogP contribution in [0.3, 0.4) is 0 Å². The number of nitrogens with one attached hydrogen (secondary N) is 2. The Kier molecular flexibility index (Phi) is 6.55. The molecule has 0 aromatic heterocycles. The van der Waals surface area contributed by atoms with Crippen LogP contribution in [0, 0.1) is 10.1 Å². The quantitative estimate of drug-likeness (QED) is 0.399. The summed E-state index contributed by atoms with van der Waals surface area (Å²) in [5.74, 6) is 0. The molecular formula is C24H27N3O4S. The third-order valence-electron chi connectivity index (χ3n) is 6.17. The molecule has 3 aromatic carbocycles. The van der Waals surface area contributed by atoms with Crippen molar-refractivity contribution in [1.29, 1.82) is 0 Å². The van der Waals surface area contributed by atoms with Crippen molar-refractivity contribution in [2.75, 3.05) is 0 Å². The molecular weight excluding hydrogens is 426 g/mol. The number of nitro benzene ring substituents is 1. The number of fused-ring (bicyclic) bond motifs is 1. The smallest absolute Gasteiger partial charge is 0.269 e. The third kappa shape index (κ3) is 4.98. The van der Waals surface area contributed by atoms with Crippen LogP contribution in [0.1, 0.15) is 44.2 Å². The molecule has 3 atom stereocenters. The van der Waals surface area contributed by atoms with Crippen LogP contribution in [-0.4, -0.2) is 25.4 Å². The van der Waals surface area contributed by atoms with Gasteiger partial charge in [-0.1, -0.05) is 49.2 Å². The summed E-state index contributed by atoms with van der Waals surface area (Å²) in [5.41, 5.74) is 1.02. The van der Waals surface area contributed by atoms with Crippen molar-refractivity contribution in [1.82, 2.24) is 10.0 Å². The van der Waals surface area contributed by atoms with Gasteiger partial charge in [-0.3, -0.25) is 10.1 Å². The molecule has 0 radical (unpaired) electrons. The normalized spacial score (nSPS) is 20.2. The fraction of sp³-hybridized carbons (Fsp3) is 0.333. The fourth-order valence-electron chi connectivity index (χ4n) is 4.38. The first kappa shape index (κ1) is 22.4. The average molecular weight is 454 g/mol. The number of rotatable bonds is 7. The maximum absolute atomic E-state index is 12.9. The Labute approximate surface area is 188 Å². The van der Waals surface area contributed by atoms with Gasteiger partial charge in [-0.15, -0.1) is 0 Å². The molecule has 0 bridgehead atoms. The van der Waals surface area contributed by atoms with E-state index >= 15 is 0 Å². The Morgan fingerprint density at radius 2 is 1.59 bits per heavy atom. The molecule has 32 heavy (non-hydrogen) atoms. The molecule has 3 aromatic rings. The minimum absolute atomic E-state index is 0.00181. The highest BCUT2D eigenvalue weighted by molar-refractivity contribution is 7.89. The van der Waals surface area contributed by atoms with Gasteiger partial charge < -0.3 is 5.32 Å². The maximum atomic E-state index is 12.9. The van der Waals surface area contributed by atoms with Crippen molar-refractivity contribution >= 4 is 26.5 Å². The monoisotopic (exact) mass is 453 g/mol. The maximum Gasteiger partial charge on any atom is 0.269 e. The average Bonchev–Trinajstić information content (AvgIpc) is 2.80. The Balaban J connectivity index is 1.48. The predicted molar refractivity (Wildman–Crippen MR) is 125 cm³/mol. The summed E-state index contributed by atoms with van der Waals surface area (Å²) in [6.45, 7) is 2.10. The molecule has 0 heterocycles. The van der Waals surface area contributed by atoms with Gasteiger partial charge in [0.05, 0.1) is 9.82 Å². The van der Waals surface area contributed by atoms with Crippen LogP contribution in [0.4, 0.5) is 5.69 Å². The highest BCUT2D eigenvalue weighted by Crippen LogP contribution is 2.26. The van der Waals surface area contributed by atoms with Gasteiger partial charge in [-0.2, -0.15) is 0 Å². The molecule has 0 aliphatic heterocycles. The summed E-state index contributed by atoms with van der Waals surface area (Å²) in [4.78, 5) is 10.3. The zero-order valence-electron chi connectivity index (χ0n) is 17.9. The van der Waals surface area contributed by atoms with Crippen LogP contribution in [0.5, 0.6) is 0 Å². The molecule has 7 nitrogen and oxygen atoms in total. The minimum atomic E-state index is -3.78. The lowest BCUT2D eigenvalue weighted by Crippen LogP contribution is -2.52. The van der Waals surface area contributed by atoms with Crippen molar-refractivity contribution < 1.29 is 13.3 Å². The first-order valence-electron chi connectivity index (χ1n) is 10.8. The lowest BCUT2D eigenvalue weighted by Gasteiger charge is -2.35. The predicted octanol–water partition coefficient (Wildman–Crippen LogP) is 4.69. The van der Waals surface area contributed by atoms with Gasteiger partial charge in [0.1, 0.15) is 0 Å². The third-order valence-corrected chi connectivity index (χ3v) is 7.67. The van der Waals surface area contributed by atoms with Gasteiger partial charge in [0.25, 0.3) is 5.69 Å². The van der Waals surface area contributed by atoms with E-state index in [0.29, 0.717) is 0 Å². The van der Waals surface area contributed by atoms with Gasteiger partial charge in [0.2, 0.25) is 10.0 Å². The van der Waals surface area contributed by atoms with E-state index in [9.17, 15) is 18.5 Å². The number of non-ortho nitro benzene ring substituents is 1. The van der Waals surface area contributed by atoms with Crippen molar-refractivity contribution in [3.8, 4) is 0 Å². The number of hydrogen-bond donors (Lipinski definition) is 2. The van der Waals surface area contributed by atoms with E-state index in [2.05, 4.69) is 47.3 Å². The van der Waals surface area contributed by atoms with Gasteiger partial charge in [0, 0.05) is 30.3 Å². The Bertz CT molecular complexity index is 1210. The fourth-order valence-corrected chi connectivity index (χ4v) is 5.69. The Morgan fingerprint density at radius 3 is 2.28 bits per heavy atom. The second kappa shape index (κ2) is 9.36. The van der Waals surface area contributed by atoms with E-state index in [1.165, 1.54) is 35.0 Å². The second-order valence-corrected chi connectivity index (χ2v) is 10.1. The highest BCUT2D eigenvalue weighted by atomic mass is 32.2. The SMILES string of the molecule is CC(N[C@@H]1CCCC[C@H]1NS(=O)(=O)c1ccc([N+](=O)[O-])cc1)c1ccc2ccccc2c1. The standard InChI is InChI=1S/C24H27N3O4S/c1-17(19-11-10-18-6-2-3-7-20(18)16-19)25-23-8-4-5-9-24(23)26-32(30,31)22-14-12-21(13-15-22)27(28)29/h2-3,6-7,10-17,23-26H,4-5,8-9H2,1H3/t17?,23-,24-/m1/s1. The molecule has 168 valence electrons. The molecule has 0 saturated heterocycles. The Hall–Kier alpha value is -2.81. The molecule has 1 aliphatic rings. The summed E-state index contributed by atoms with van der Waals surface area (Å²) in [7, 11) is -3.78. The summed E-state index contributed by atoms with van der Waals surface area (Å²) in [5, 5.41) is 16.8. The second-order valence-electron chi connectivity index (χ2n) is 8.36. The van der Waals surface area contributed by atoms with Crippen LogP contribution in [-0.2, 0) is 10.0 Å². The largest absolute Gasteiger partial charge is 0.306 e. The summed E-state index contributed by atoms with van der Waals surface area (Å²) >= 11 is 0. The lowest BCUT2D eigenvalue weighted by molar-refractivity contribution is -0.384. The Morgan fingerprint density at radius 1 is 0.938 bits per heavy atom.